The molecule has 0 saturated carbocycles. The molecule has 1 aromatic heterocycles. The second kappa shape index (κ2) is 6.96. The van der Waals surface area contributed by atoms with E-state index in [0.29, 0.717) is 11.1 Å². The highest BCUT2D eigenvalue weighted by Crippen LogP contribution is 2.23. The molecule has 1 aliphatic carbocycles. The summed E-state index contributed by atoms with van der Waals surface area (Å²) in [7, 11) is 0. The first-order valence-electron chi connectivity index (χ1n) is 8.63. The smallest absolute Gasteiger partial charge is 0.338 e. The number of hydrogen-bond donors (Lipinski definition) is 0. The zero-order valence-electron chi connectivity index (χ0n) is 14.2. The molecule has 0 amide bonds. The molecule has 1 aliphatic rings. The molecule has 0 N–H and O–H groups in total. The summed E-state index contributed by atoms with van der Waals surface area (Å²) in [5.41, 5.74) is 4.41. The predicted molar refractivity (Wildman–Crippen MR) is 96.6 cm³/mol. The van der Waals surface area contributed by atoms with Gasteiger partial charge in [-0.2, -0.15) is 5.10 Å². The van der Waals surface area contributed by atoms with E-state index < -0.39 is 5.97 Å². The van der Waals surface area contributed by atoms with Crippen LogP contribution in [-0.4, -0.2) is 28.1 Å². The van der Waals surface area contributed by atoms with Crippen LogP contribution in [0.4, 0.5) is 0 Å². The lowest BCUT2D eigenvalue weighted by Crippen LogP contribution is -2.14. The number of aryl methyl sites for hydroxylation is 2. The number of ether oxygens (including phenoxy) is 1. The van der Waals surface area contributed by atoms with Gasteiger partial charge >= 0.3 is 5.97 Å². The highest BCUT2D eigenvalue weighted by atomic mass is 16.5. The van der Waals surface area contributed by atoms with Crippen molar-refractivity contribution in [2.75, 3.05) is 6.61 Å². The van der Waals surface area contributed by atoms with Crippen molar-refractivity contribution in [3.63, 3.8) is 0 Å². The lowest BCUT2D eigenvalue weighted by atomic mass is 10.0. The average molecular weight is 346 g/mol. The third kappa shape index (κ3) is 3.28. The van der Waals surface area contributed by atoms with Crippen molar-refractivity contribution in [2.24, 2.45) is 0 Å². The Morgan fingerprint density at radius 1 is 1.00 bits per heavy atom. The number of nitrogens with zero attached hydrogens (tertiary/aromatic N) is 2. The summed E-state index contributed by atoms with van der Waals surface area (Å²) in [4.78, 5) is 24.5. The fourth-order valence-electron chi connectivity index (χ4n) is 3.21. The van der Waals surface area contributed by atoms with Gasteiger partial charge in [-0.1, -0.05) is 12.1 Å². The Morgan fingerprint density at radius 2 is 1.77 bits per heavy atom. The lowest BCUT2D eigenvalue weighted by Gasteiger charge is -2.07. The van der Waals surface area contributed by atoms with Gasteiger partial charge in [-0.15, -0.1) is 0 Å². The lowest BCUT2D eigenvalue weighted by molar-refractivity contribution is 0.0475. The SMILES string of the molecule is O=C(COC(=O)c1ccc(-n2cccn2)cc1)c1ccc2c(c1)CCC2. The molecule has 0 spiro atoms. The highest BCUT2D eigenvalue weighted by Gasteiger charge is 2.16. The highest BCUT2D eigenvalue weighted by molar-refractivity contribution is 5.99. The summed E-state index contributed by atoms with van der Waals surface area (Å²) in [5.74, 6) is -0.687. The fraction of sp³-hybridized carbons (Fsp3) is 0.190. The third-order valence-electron chi connectivity index (χ3n) is 4.63. The van der Waals surface area contributed by atoms with Crippen molar-refractivity contribution in [1.29, 1.82) is 0 Å². The molecule has 5 nitrogen and oxygen atoms in total. The van der Waals surface area contributed by atoms with Crippen molar-refractivity contribution in [3.8, 4) is 5.69 Å². The maximum absolute atomic E-state index is 12.3. The quantitative estimate of drug-likeness (QED) is 0.525. The van der Waals surface area contributed by atoms with E-state index in [1.165, 1.54) is 11.1 Å². The van der Waals surface area contributed by atoms with Crippen LogP contribution in [0.2, 0.25) is 0 Å². The largest absolute Gasteiger partial charge is 0.454 e. The minimum atomic E-state index is -0.508. The number of ketones is 1. The summed E-state index contributed by atoms with van der Waals surface area (Å²) in [6.45, 7) is -0.251. The molecule has 1 heterocycles. The van der Waals surface area contributed by atoms with Gasteiger partial charge in [-0.05, 0) is 66.8 Å². The average Bonchev–Trinajstić information content (AvgIpc) is 3.37. The van der Waals surface area contributed by atoms with Crippen LogP contribution in [0.15, 0.2) is 60.9 Å². The monoisotopic (exact) mass is 346 g/mol. The van der Waals surface area contributed by atoms with Gasteiger partial charge in [0, 0.05) is 18.0 Å². The van der Waals surface area contributed by atoms with Crippen LogP contribution in [0.1, 0.15) is 38.3 Å². The van der Waals surface area contributed by atoms with Crippen LogP contribution in [0.5, 0.6) is 0 Å². The molecule has 130 valence electrons. The number of hydrogen-bond acceptors (Lipinski definition) is 4. The molecule has 26 heavy (non-hydrogen) atoms. The van der Waals surface area contributed by atoms with Crippen LogP contribution < -0.4 is 0 Å². The zero-order valence-corrected chi connectivity index (χ0v) is 14.2. The molecule has 2 aromatic carbocycles. The summed E-state index contributed by atoms with van der Waals surface area (Å²) in [5, 5.41) is 4.13. The molecule has 0 fully saturated rings. The van der Waals surface area contributed by atoms with Gasteiger partial charge in [0.2, 0.25) is 0 Å². The van der Waals surface area contributed by atoms with Crippen LogP contribution in [-0.2, 0) is 17.6 Å². The van der Waals surface area contributed by atoms with E-state index in [9.17, 15) is 9.59 Å². The molecule has 0 atom stereocenters. The number of rotatable bonds is 5. The summed E-state index contributed by atoms with van der Waals surface area (Å²) in [6.07, 6.45) is 6.73. The minimum absolute atomic E-state index is 0.179. The fourth-order valence-corrected chi connectivity index (χ4v) is 3.21. The standard InChI is InChI=1S/C21H18N2O3/c24-20(18-6-5-15-3-1-4-17(15)13-18)14-26-21(25)16-7-9-19(10-8-16)23-12-2-11-22-23/h2,5-13H,1,3-4,14H2. The normalized spacial score (nSPS) is 12.6. The molecule has 0 bridgehead atoms. The third-order valence-corrected chi connectivity index (χ3v) is 4.63. The zero-order chi connectivity index (χ0) is 17.9. The Labute approximate surface area is 151 Å². The number of Topliss-reactive ketones (excluding diaryl/α,β-unsaturated/α-hetero) is 1. The Kier molecular flexibility index (Phi) is 4.35. The van der Waals surface area contributed by atoms with E-state index in [1.54, 1.807) is 35.1 Å². The second-order valence-corrected chi connectivity index (χ2v) is 6.33. The van der Waals surface area contributed by atoms with Gasteiger partial charge in [0.05, 0.1) is 11.3 Å². The molecule has 0 aliphatic heterocycles. The number of benzene rings is 2. The van der Waals surface area contributed by atoms with Crippen LogP contribution >= 0.6 is 0 Å². The van der Waals surface area contributed by atoms with Crippen molar-refractivity contribution in [3.05, 3.63) is 83.2 Å². The first-order valence-corrected chi connectivity index (χ1v) is 8.63. The Hall–Kier alpha value is -3.21. The number of esters is 1. The topological polar surface area (TPSA) is 61.2 Å². The van der Waals surface area contributed by atoms with Gasteiger partial charge in [0.15, 0.2) is 12.4 Å². The molecule has 5 heteroatoms. The molecule has 0 radical (unpaired) electrons. The van der Waals surface area contributed by atoms with Crippen molar-refractivity contribution >= 4 is 11.8 Å². The Bertz CT molecular complexity index is 944. The molecule has 3 aromatic rings. The maximum atomic E-state index is 12.3. The molecule has 4 rings (SSSR count). The summed E-state index contributed by atoms with van der Waals surface area (Å²) >= 11 is 0. The molecular weight excluding hydrogens is 328 g/mol. The van der Waals surface area contributed by atoms with Crippen molar-refractivity contribution in [1.82, 2.24) is 9.78 Å². The van der Waals surface area contributed by atoms with Gasteiger partial charge < -0.3 is 4.74 Å². The number of fused-ring (bicyclic) bond motifs is 1. The Balaban J connectivity index is 1.38. The van der Waals surface area contributed by atoms with Crippen molar-refractivity contribution in [2.45, 2.75) is 19.3 Å². The Morgan fingerprint density at radius 3 is 2.54 bits per heavy atom. The first-order chi connectivity index (χ1) is 12.7. The van der Waals surface area contributed by atoms with E-state index in [1.807, 2.05) is 30.5 Å². The second-order valence-electron chi connectivity index (χ2n) is 6.33. The number of carbonyl (C=O) groups is 2. The van der Waals surface area contributed by atoms with Crippen LogP contribution in [0.25, 0.3) is 5.69 Å². The molecule has 0 unspecified atom stereocenters. The van der Waals surface area contributed by atoms with E-state index in [4.69, 9.17) is 4.74 Å². The van der Waals surface area contributed by atoms with E-state index in [2.05, 4.69) is 5.10 Å². The molecule has 0 saturated heterocycles. The van der Waals surface area contributed by atoms with Gasteiger partial charge in [0.25, 0.3) is 0 Å². The van der Waals surface area contributed by atoms with E-state index in [0.717, 1.165) is 24.9 Å². The van der Waals surface area contributed by atoms with E-state index >= 15 is 0 Å². The number of carbonyl (C=O) groups excluding carboxylic acids is 2. The van der Waals surface area contributed by atoms with Crippen LogP contribution in [0, 0.1) is 0 Å². The maximum Gasteiger partial charge on any atom is 0.338 e. The predicted octanol–water partition coefficient (Wildman–Crippen LogP) is 3.40. The minimum Gasteiger partial charge on any atom is -0.454 e. The molecular formula is C21H18N2O3. The summed E-state index contributed by atoms with van der Waals surface area (Å²) < 4.78 is 6.88. The van der Waals surface area contributed by atoms with E-state index in [-0.39, 0.29) is 12.4 Å². The van der Waals surface area contributed by atoms with Crippen LogP contribution in [0.3, 0.4) is 0 Å². The van der Waals surface area contributed by atoms with Gasteiger partial charge in [-0.25, -0.2) is 9.48 Å². The summed E-state index contributed by atoms with van der Waals surface area (Å²) in [6, 6.07) is 14.5. The van der Waals surface area contributed by atoms with Crippen molar-refractivity contribution < 1.29 is 14.3 Å². The van der Waals surface area contributed by atoms with Gasteiger partial charge in [0.1, 0.15) is 0 Å². The number of aromatic nitrogens is 2. The van der Waals surface area contributed by atoms with Gasteiger partial charge in [-0.3, -0.25) is 4.79 Å². The first kappa shape index (κ1) is 16.3.